The number of nitrogens with zero attached hydrogens (tertiary/aromatic N) is 1. The van der Waals surface area contributed by atoms with E-state index < -0.39 is 4.92 Å². The van der Waals surface area contributed by atoms with Crippen LogP contribution >= 0.6 is 0 Å². The van der Waals surface area contributed by atoms with E-state index in [9.17, 15) is 14.9 Å². The summed E-state index contributed by atoms with van der Waals surface area (Å²) in [4.78, 5) is 22.0. The summed E-state index contributed by atoms with van der Waals surface area (Å²) in [6, 6.07) is 6.11. The molecule has 0 saturated heterocycles. The quantitative estimate of drug-likeness (QED) is 0.632. The first-order valence-electron chi connectivity index (χ1n) is 6.34. The highest BCUT2D eigenvalue weighted by Crippen LogP contribution is 2.24. The molecule has 0 spiro atoms. The summed E-state index contributed by atoms with van der Waals surface area (Å²) in [7, 11) is 0. The highest BCUT2D eigenvalue weighted by Gasteiger charge is 2.29. The van der Waals surface area contributed by atoms with Crippen LogP contribution in [0.3, 0.4) is 0 Å². The highest BCUT2D eigenvalue weighted by atomic mass is 16.6. The molecular weight excluding hydrogens is 246 g/mol. The number of benzene rings is 1. The van der Waals surface area contributed by atoms with E-state index in [1.54, 1.807) is 12.1 Å². The molecule has 1 fully saturated rings. The molecule has 102 valence electrons. The van der Waals surface area contributed by atoms with Gasteiger partial charge in [-0.2, -0.15) is 0 Å². The third-order valence-corrected chi connectivity index (χ3v) is 3.52. The maximum absolute atomic E-state index is 11.9. The molecular formula is C13H17N3O3. The second kappa shape index (κ2) is 5.79. The van der Waals surface area contributed by atoms with Gasteiger partial charge in [-0.05, 0) is 18.4 Å². The Morgan fingerprint density at radius 2 is 2.05 bits per heavy atom. The maximum atomic E-state index is 11.9. The normalized spacial score (nSPS) is 22.2. The van der Waals surface area contributed by atoms with E-state index in [0.29, 0.717) is 6.54 Å². The molecule has 2 atom stereocenters. The van der Waals surface area contributed by atoms with Crippen LogP contribution in [0.25, 0.3) is 0 Å². The number of carbonyl (C=O) groups excluding carboxylic acids is 1. The van der Waals surface area contributed by atoms with E-state index in [1.807, 2.05) is 0 Å². The van der Waals surface area contributed by atoms with Crippen LogP contribution in [-0.2, 0) is 11.3 Å². The summed E-state index contributed by atoms with van der Waals surface area (Å²) in [6.45, 7) is 0.375. The minimum absolute atomic E-state index is 0.0247. The number of nitrogens with two attached hydrogens (primary N) is 1. The Hall–Kier alpha value is -1.95. The average Bonchev–Trinajstić information content (AvgIpc) is 2.83. The van der Waals surface area contributed by atoms with E-state index in [0.717, 1.165) is 24.8 Å². The van der Waals surface area contributed by atoms with Gasteiger partial charge < -0.3 is 11.1 Å². The first-order chi connectivity index (χ1) is 9.08. The molecule has 2 rings (SSSR count). The third kappa shape index (κ3) is 3.29. The second-order valence-electron chi connectivity index (χ2n) is 4.84. The molecule has 1 saturated carbocycles. The van der Waals surface area contributed by atoms with Gasteiger partial charge in [0, 0.05) is 24.7 Å². The lowest BCUT2D eigenvalue weighted by atomic mass is 10.0. The molecule has 0 heterocycles. The van der Waals surface area contributed by atoms with Crippen LogP contribution in [0, 0.1) is 16.0 Å². The van der Waals surface area contributed by atoms with Gasteiger partial charge in [0.1, 0.15) is 0 Å². The third-order valence-electron chi connectivity index (χ3n) is 3.52. The SMILES string of the molecule is NC1CCCC1C(=O)NCc1ccc([N+](=O)[O-])cc1. The van der Waals surface area contributed by atoms with Gasteiger partial charge in [-0.1, -0.05) is 18.6 Å². The molecule has 0 bridgehead atoms. The van der Waals surface area contributed by atoms with E-state index in [2.05, 4.69) is 5.32 Å². The monoisotopic (exact) mass is 263 g/mol. The van der Waals surface area contributed by atoms with E-state index in [4.69, 9.17) is 5.73 Å². The van der Waals surface area contributed by atoms with Crippen LogP contribution in [0.15, 0.2) is 24.3 Å². The molecule has 2 unspecified atom stereocenters. The van der Waals surface area contributed by atoms with Gasteiger partial charge >= 0.3 is 0 Å². The minimum atomic E-state index is -0.445. The molecule has 3 N–H and O–H groups in total. The molecule has 19 heavy (non-hydrogen) atoms. The van der Waals surface area contributed by atoms with Crippen molar-refractivity contribution in [3.05, 3.63) is 39.9 Å². The van der Waals surface area contributed by atoms with Gasteiger partial charge in [-0.3, -0.25) is 14.9 Å². The van der Waals surface area contributed by atoms with Crippen molar-refractivity contribution in [1.29, 1.82) is 0 Å². The standard InChI is InChI=1S/C13H17N3O3/c14-12-3-1-2-11(12)13(17)15-8-9-4-6-10(7-5-9)16(18)19/h4-7,11-12H,1-3,8,14H2,(H,15,17). The Kier molecular flexibility index (Phi) is 4.11. The Morgan fingerprint density at radius 3 is 2.58 bits per heavy atom. The zero-order valence-corrected chi connectivity index (χ0v) is 10.5. The van der Waals surface area contributed by atoms with E-state index >= 15 is 0 Å². The fourth-order valence-corrected chi connectivity index (χ4v) is 2.37. The van der Waals surface area contributed by atoms with Crippen molar-refractivity contribution >= 4 is 11.6 Å². The van der Waals surface area contributed by atoms with Gasteiger partial charge in [0.15, 0.2) is 0 Å². The summed E-state index contributed by atoms with van der Waals surface area (Å²) < 4.78 is 0. The zero-order chi connectivity index (χ0) is 13.8. The molecule has 1 amide bonds. The van der Waals surface area contributed by atoms with Crippen LogP contribution in [0.5, 0.6) is 0 Å². The van der Waals surface area contributed by atoms with Crippen molar-refractivity contribution in [2.45, 2.75) is 31.8 Å². The van der Waals surface area contributed by atoms with Crippen LogP contribution in [0.4, 0.5) is 5.69 Å². The predicted octanol–water partition coefficient (Wildman–Crippen LogP) is 1.34. The number of hydrogen-bond donors (Lipinski definition) is 2. The summed E-state index contributed by atoms with van der Waals surface area (Å²) in [5, 5.41) is 13.3. The Morgan fingerprint density at radius 1 is 1.37 bits per heavy atom. The lowest BCUT2D eigenvalue weighted by Crippen LogP contribution is -2.38. The highest BCUT2D eigenvalue weighted by molar-refractivity contribution is 5.79. The molecule has 6 nitrogen and oxygen atoms in total. The molecule has 1 aliphatic rings. The summed E-state index contributed by atoms with van der Waals surface area (Å²) in [6.07, 6.45) is 2.74. The molecule has 6 heteroatoms. The number of amides is 1. The molecule has 1 aliphatic carbocycles. The van der Waals surface area contributed by atoms with Crippen LogP contribution < -0.4 is 11.1 Å². The van der Waals surface area contributed by atoms with Gasteiger partial charge in [-0.25, -0.2) is 0 Å². The Bertz CT molecular complexity index is 473. The van der Waals surface area contributed by atoms with Gasteiger partial charge in [0.05, 0.1) is 10.8 Å². The van der Waals surface area contributed by atoms with Gasteiger partial charge in [-0.15, -0.1) is 0 Å². The fraction of sp³-hybridized carbons (Fsp3) is 0.462. The molecule has 0 radical (unpaired) electrons. The van der Waals surface area contributed by atoms with E-state index in [-0.39, 0.29) is 23.6 Å². The largest absolute Gasteiger partial charge is 0.352 e. The summed E-state index contributed by atoms with van der Waals surface area (Å²) in [5.41, 5.74) is 6.75. The fourth-order valence-electron chi connectivity index (χ4n) is 2.37. The predicted molar refractivity (Wildman–Crippen MR) is 70.3 cm³/mol. The van der Waals surface area contributed by atoms with Crippen molar-refractivity contribution < 1.29 is 9.72 Å². The second-order valence-corrected chi connectivity index (χ2v) is 4.84. The molecule has 1 aromatic rings. The van der Waals surface area contributed by atoms with Crippen LogP contribution in [0.2, 0.25) is 0 Å². The molecule has 0 aliphatic heterocycles. The van der Waals surface area contributed by atoms with Gasteiger partial charge in [0.2, 0.25) is 5.91 Å². The van der Waals surface area contributed by atoms with Gasteiger partial charge in [0.25, 0.3) is 5.69 Å². The summed E-state index contributed by atoms with van der Waals surface area (Å²) in [5.74, 6) is -0.124. The van der Waals surface area contributed by atoms with Crippen LogP contribution in [-0.4, -0.2) is 16.9 Å². The first-order valence-corrected chi connectivity index (χ1v) is 6.34. The maximum Gasteiger partial charge on any atom is 0.269 e. The van der Waals surface area contributed by atoms with E-state index in [1.165, 1.54) is 12.1 Å². The van der Waals surface area contributed by atoms with Crippen LogP contribution in [0.1, 0.15) is 24.8 Å². The average molecular weight is 263 g/mol. The van der Waals surface area contributed by atoms with Crippen molar-refractivity contribution in [3.8, 4) is 0 Å². The number of nitrogens with one attached hydrogen (secondary N) is 1. The van der Waals surface area contributed by atoms with Crippen molar-refractivity contribution in [2.75, 3.05) is 0 Å². The smallest absolute Gasteiger partial charge is 0.269 e. The number of nitro benzene ring substituents is 1. The number of non-ortho nitro benzene ring substituents is 1. The lowest BCUT2D eigenvalue weighted by Gasteiger charge is -2.15. The minimum Gasteiger partial charge on any atom is -0.352 e. The van der Waals surface area contributed by atoms with Crippen molar-refractivity contribution in [3.63, 3.8) is 0 Å². The number of hydrogen-bond acceptors (Lipinski definition) is 4. The van der Waals surface area contributed by atoms with Crippen molar-refractivity contribution in [2.24, 2.45) is 11.7 Å². The molecule has 0 aromatic heterocycles. The Labute approximate surface area is 111 Å². The molecule has 1 aromatic carbocycles. The number of rotatable bonds is 4. The van der Waals surface area contributed by atoms with Crippen molar-refractivity contribution in [1.82, 2.24) is 5.32 Å². The zero-order valence-electron chi connectivity index (χ0n) is 10.5. The Balaban J connectivity index is 1.88. The number of nitro groups is 1. The topological polar surface area (TPSA) is 98.3 Å². The number of carbonyl (C=O) groups is 1. The first kappa shape index (κ1) is 13.5. The lowest BCUT2D eigenvalue weighted by molar-refractivity contribution is -0.384. The summed E-state index contributed by atoms with van der Waals surface area (Å²) >= 11 is 0.